The number of quaternary nitrogens is 1. The fourth-order valence-electron chi connectivity index (χ4n) is 3.43. The van der Waals surface area contributed by atoms with Gasteiger partial charge in [0.1, 0.15) is 23.7 Å². The van der Waals surface area contributed by atoms with E-state index < -0.39 is 0 Å². The topological polar surface area (TPSA) is 76.2 Å². The molecule has 0 aliphatic carbocycles. The second-order valence-corrected chi connectivity index (χ2v) is 8.12. The summed E-state index contributed by atoms with van der Waals surface area (Å²) in [6, 6.07) is 15.9. The summed E-state index contributed by atoms with van der Waals surface area (Å²) in [5, 5.41) is 1.94. The standard InChI is InChI=1S/C21H18N4O2S/c1-12(21-22-14-8-4-6-10-16(14)28-21)25(2)11-17-23-18-13-7-3-5-9-15(13)27-19(18)20(26)24-17/h3-10,12H,11H2,1-2H3,(H,23,24,26)/p+1/t12-/m1/s1. The molecule has 2 atom stereocenters. The Bertz CT molecular complexity index is 1330. The monoisotopic (exact) mass is 391 g/mol. The van der Waals surface area contributed by atoms with Crippen LogP contribution in [-0.2, 0) is 6.54 Å². The number of nitrogens with zero attached hydrogens (tertiary/aromatic N) is 2. The minimum absolute atomic E-state index is 0.180. The van der Waals surface area contributed by atoms with Gasteiger partial charge in [-0.05, 0) is 31.2 Å². The molecular weight excluding hydrogens is 372 g/mol. The smallest absolute Gasteiger partial charge is 0.294 e. The van der Waals surface area contributed by atoms with E-state index in [4.69, 9.17) is 14.4 Å². The SMILES string of the molecule is C[C@H](c1nc2ccccc2s1)[NH+](C)Cc1nc2c(oc3ccccc32)c(=O)[nH]1. The first-order chi connectivity index (χ1) is 13.6. The zero-order valence-electron chi connectivity index (χ0n) is 15.5. The molecule has 28 heavy (non-hydrogen) atoms. The molecule has 3 heterocycles. The van der Waals surface area contributed by atoms with Gasteiger partial charge in [-0.1, -0.05) is 24.3 Å². The molecule has 0 aliphatic heterocycles. The van der Waals surface area contributed by atoms with Crippen molar-refractivity contribution in [2.45, 2.75) is 19.5 Å². The van der Waals surface area contributed by atoms with Crippen molar-refractivity contribution in [3.63, 3.8) is 0 Å². The van der Waals surface area contributed by atoms with Crippen molar-refractivity contribution in [3.05, 3.63) is 69.7 Å². The number of furan rings is 1. The molecule has 0 saturated carbocycles. The molecule has 5 aromatic rings. The summed E-state index contributed by atoms with van der Waals surface area (Å²) in [4.78, 5) is 26.0. The number of hydrogen-bond acceptors (Lipinski definition) is 5. The van der Waals surface area contributed by atoms with E-state index in [1.807, 2.05) is 42.5 Å². The first-order valence-electron chi connectivity index (χ1n) is 9.18. The fourth-order valence-corrected chi connectivity index (χ4v) is 4.55. The molecule has 7 heteroatoms. The Labute approximate surface area is 164 Å². The third kappa shape index (κ3) is 2.80. The van der Waals surface area contributed by atoms with E-state index in [1.54, 1.807) is 11.3 Å². The van der Waals surface area contributed by atoms with E-state index in [9.17, 15) is 4.79 Å². The Morgan fingerprint density at radius 3 is 2.79 bits per heavy atom. The second kappa shape index (κ2) is 6.54. The lowest BCUT2D eigenvalue weighted by Gasteiger charge is -2.19. The molecule has 6 nitrogen and oxygen atoms in total. The van der Waals surface area contributed by atoms with Gasteiger partial charge in [0, 0.05) is 5.39 Å². The van der Waals surface area contributed by atoms with E-state index >= 15 is 0 Å². The van der Waals surface area contributed by atoms with Crippen LogP contribution in [0.5, 0.6) is 0 Å². The van der Waals surface area contributed by atoms with Crippen LogP contribution in [0.3, 0.4) is 0 Å². The van der Waals surface area contributed by atoms with Crippen molar-refractivity contribution in [2.24, 2.45) is 0 Å². The molecule has 2 N–H and O–H groups in total. The summed E-state index contributed by atoms with van der Waals surface area (Å²) in [5.74, 6) is 0.648. The van der Waals surface area contributed by atoms with Crippen LogP contribution in [0, 0.1) is 0 Å². The molecular formula is C21H19N4O2S+. The molecule has 0 bridgehead atoms. The van der Waals surface area contributed by atoms with Gasteiger partial charge in [-0.15, -0.1) is 11.3 Å². The number of aromatic amines is 1. The molecule has 2 aromatic carbocycles. The average Bonchev–Trinajstić information content (AvgIpc) is 3.29. The summed E-state index contributed by atoms with van der Waals surface area (Å²) in [6.45, 7) is 2.73. The molecule has 0 radical (unpaired) electrons. The maximum atomic E-state index is 12.5. The van der Waals surface area contributed by atoms with Crippen LogP contribution in [0.25, 0.3) is 32.3 Å². The predicted molar refractivity (Wildman–Crippen MR) is 111 cm³/mol. The van der Waals surface area contributed by atoms with Gasteiger partial charge < -0.3 is 14.3 Å². The molecule has 0 fully saturated rings. The van der Waals surface area contributed by atoms with Gasteiger partial charge in [-0.2, -0.15) is 0 Å². The highest BCUT2D eigenvalue weighted by molar-refractivity contribution is 7.18. The van der Waals surface area contributed by atoms with E-state index in [-0.39, 0.29) is 17.2 Å². The number of H-pyrrole nitrogens is 1. The van der Waals surface area contributed by atoms with Gasteiger partial charge in [0.25, 0.3) is 5.56 Å². The number of thiazole rings is 1. The maximum absolute atomic E-state index is 12.5. The van der Waals surface area contributed by atoms with Gasteiger partial charge >= 0.3 is 0 Å². The van der Waals surface area contributed by atoms with Gasteiger partial charge in [0.2, 0.25) is 5.58 Å². The molecule has 5 rings (SSSR count). The molecule has 0 aliphatic rings. The lowest BCUT2D eigenvalue weighted by Crippen LogP contribution is -3.07. The quantitative estimate of drug-likeness (QED) is 0.494. The van der Waals surface area contributed by atoms with Gasteiger partial charge in [0.15, 0.2) is 10.8 Å². The third-order valence-corrected chi connectivity index (χ3v) is 6.37. The molecule has 0 saturated heterocycles. The van der Waals surface area contributed by atoms with Gasteiger partial charge in [-0.25, -0.2) is 9.97 Å². The molecule has 1 unspecified atom stereocenters. The van der Waals surface area contributed by atoms with Crippen LogP contribution in [0.4, 0.5) is 0 Å². The largest absolute Gasteiger partial charge is 0.449 e. The van der Waals surface area contributed by atoms with E-state index in [0.717, 1.165) is 15.9 Å². The van der Waals surface area contributed by atoms with Crippen LogP contribution in [0.2, 0.25) is 0 Å². The highest BCUT2D eigenvalue weighted by Gasteiger charge is 2.22. The zero-order valence-corrected chi connectivity index (χ0v) is 16.3. The molecule has 3 aromatic heterocycles. The minimum Gasteiger partial charge on any atom is -0.449 e. The van der Waals surface area contributed by atoms with Crippen LogP contribution in [0.15, 0.2) is 57.7 Å². The first kappa shape index (κ1) is 17.1. The lowest BCUT2D eigenvalue weighted by molar-refractivity contribution is -0.924. The van der Waals surface area contributed by atoms with Crippen LogP contribution in [0.1, 0.15) is 23.8 Å². The van der Waals surface area contributed by atoms with Gasteiger partial charge in [0.05, 0.1) is 17.3 Å². The Balaban J connectivity index is 1.48. The first-order valence-corrected chi connectivity index (χ1v) is 10.00. The van der Waals surface area contributed by atoms with E-state index in [1.165, 1.54) is 9.60 Å². The number of para-hydroxylation sites is 2. The number of nitrogens with one attached hydrogen (secondary N) is 2. The van der Waals surface area contributed by atoms with Crippen molar-refractivity contribution < 1.29 is 9.32 Å². The predicted octanol–water partition coefficient (Wildman–Crippen LogP) is 3.05. The summed E-state index contributed by atoms with van der Waals surface area (Å²) in [5.41, 5.74) is 2.37. The highest BCUT2D eigenvalue weighted by Crippen LogP contribution is 2.26. The average molecular weight is 391 g/mol. The highest BCUT2D eigenvalue weighted by atomic mass is 32.1. The number of aromatic nitrogens is 3. The minimum atomic E-state index is -0.239. The summed E-state index contributed by atoms with van der Waals surface area (Å²) in [7, 11) is 2.09. The molecule has 0 amide bonds. The van der Waals surface area contributed by atoms with Crippen LogP contribution in [-0.4, -0.2) is 22.0 Å². The van der Waals surface area contributed by atoms with Gasteiger partial charge in [-0.3, -0.25) is 4.79 Å². The van der Waals surface area contributed by atoms with E-state index in [0.29, 0.717) is 23.5 Å². The number of hydrogen-bond donors (Lipinski definition) is 2. The van der Waals surface area contributed by atoms with Crippen molar-refractivity contribution in [2.75, 3.05) is 7.05 Å². The van der Waals surface area contributed by atoms with Crippen molar-refractivity contribution in [1.82, 2.24) is 15.0 Å². The van der Waals surface area contributed by atoms with Crippen LogP contribution >= 0.6 is 11.3 Å². The van der Waals surface area contributed by atoms with Crippen molar-refractivity contribution in [1.29, 1.82) is 0 Å². The van der Waals surface area contributed by atoms with E-state index in [2.05, 4.69) is 25.0 Å². The van der Waals surface area contributed by atoms with Crippen LogP contribution < -0.4 is 10.5 Å². The Morgan fingerprint density at radius 1 is 1.14 bits per heavy atom. The summed E-state index contributed by atoms with van der Waals surface area (Å²) < 4.78 is 6.86. The normalized spacial score (nSPS) is 14.1. The maximum Gasteiger partial charge on any atom is 0.294 e. The third-order valence-electron chi connectivity index (χ3n) is 5.15. The molecule has 0 spiro atoms. The summed E-state index contributed by atoms with van der Waals surface area (Å²) >= 11 is 1.71. The number of fused-ring (bicyclic) bond motifs is 4. The Kier molecular flexibility index (Phi) is 3.99. The second-order valence-electron chi connectivity index (χ2n) is 7.05. The fraction of sp³-hybridized carbons (Fsp3) is 0.190. The molecule has 140 valence electrons. The number of rotatable bonds is 4. The zero-order chi connectivity index (χ0) is 19.3. The Hall–Kier alpha value is -3.03. The number of benzene rings is 2. The lowest BCUT2D eigenvalue weighted by atomic mass is 10.2. The summed E-state index contributed by atoms with van der Waals surface area (Å²) in [6.07, 6.45) is 0. The van der Waals surface area contributed by atoms with Crippen molar-refractivity contribution >= 4 is 43.6 Å². The van der Waals surface area contributed by atoms with Crippen molar-refractivity contribution in [3.8, 4) is 0 Å². The Morgan fingerprint density at radius 2 is 1.93 bits per heavy atom.